The van der Waals surface area contributed by atoms with Crippen LogP contribution in [0.1, 0.15) is 64.2 Å². The lowest BCUT2D eigenvalue weighted by Crippen LogP contribution is -2.46. The maximum atomic E-state index is 6.43. The lowest BCUT2D eigenvalue weighted by Gasteiger charge is -2.32. The molecular formula is C18H30N2. The van der Waals surface area contributed by atoms with Gasteiger partial charge in [0.15, 0.2) is 0 Å². The van der Waals surface area contributed by atoms with Crippen LogP contribution in [0.3, 0.4) is 0 Å². The zero-order chi connectivity index (χ0) is 13.9. The molecule has 3 rings (SSSR count). The van der Waals surface area contributed by atoms with Crippen molar-refractivity contribution < 1.29 is 0 Å². The van der Waals surface area contributed by atoms with Crippen LogP contribution >= 0.6 is 0 Å². The molecule has 4 N–H and O–H groups in total. The van der Waals surface area contributed by atoms with E-state index < -0.39 is 0 Å². The lowest BCUT2D eigenvalue weighted by molar-refractivity contribution is 0.497. The third-order valence-corrected chi connectivity index (χ3v) is 5.59. The molecule has 3 aliphatic carbocycles. The minimum Gasteiger partial charge on any atom is -0.326 e. The molecule has 0 aliphatic heterocycles. The summed E-state index contributed by atoms with van der Waals surface area (Å²) >= 11 is 0. The maximum absolute atomic E-state index is 6.43. The first-order chi connectivity index (χ1) is 9.74. The molecule has 0 aromatic carbocycles. The van der Waals surface area contributed by atoms with Gasteiger partial charge in [0.2, 0.25) is 0 Å². The van der Waals surface area contributed by atoms with Crippen LogP contribution in [0, 0.1) is 11.8 Å². The third-order valence-electron chi connectivity index (χ3n) is 5.59. The summed E-state index contributed by atoms with van der Waals surface area (Å²) in [5.41, 5.74) is 15.6. The highest BCUT2D eigenvalue weighted by Gasteiger charge is 2.28. The number of allylic oxidation sites excluding steroid dienone is 2. The Bertz CT molecular complexity index is 384. The summed E-state index contributed by atoms with van der Waals surface area (Å²) in [6, 6.07) is 0.223. The second-order valence-corrected chi connectivity index (χ2v) is 7.13. The molecule has 0 saturated heterocycles. The molecule has 0 radical (unpaired) electrons. The summed E-state index contributed by atoms with van der Waals surface area (Å²) in [7, 11) is 0. The Labute approximate surface area is 123 Å². The minimum absolute atomic E-state index is 0.0667. The first-order valence-electron chi connectivity index (χ1n) is 8.68. The van der Waals surface area contributed by atoms with Crippen molar-refractivity contribution >= 4 is 0 Å². The molecule has 0 spiro atoms. The molecule has 3 aliphatic rings. The van der Waals surface area contributed by atoms with Gasteiger partial charge in [-0.15, -0.1) is 0 Å². The van der Waals surface area contributed by atoms with E-state index in [-0.39, 0.29) is 12.1 Å². The van der Waals surface area contributed by atoms with Crippen LogP contribution in [0.4, 0.5) is 0 Å². The van der Waals surface area contributed by atoms with Gasteiger partial charge in [-0.3, -0.25) is 0 Å². The second kappa shape index (κ2) is 6.44. The molecule has 0 heterocycles. The third kappa shape index (κ3) is 3.17. The highest BCUT2D eigenvalue weighted by Crippen LogP contribution is 2.36. The monoisotopic (exact) mass is 274 g/mol. The molecular weight excluding hydrogens is 244 g/mol. The van der Waals surface area contributed by atoms with E-state index in [0.717, 1.165) is 24.7 Å². The standard InChI is InChI=1S/C18H30N2/c19-17-10-9-15(11-13-5-1-2-6-13)16(18(17)20)12-14-7-3-4-8-14/h11-14,17-18H,1-10,19-20H2. The van der Waals surface area contributed by atoms with E-state index in [9.17, 15) is 0 Å². The Morgan fingerprint density at radius 2 is 1.30 bits per heavy atom. The summed E-state index contributed by atoms with van der Waals surface area (Å²) in [5, 5.41) is 0. The van der Waals surface area contributed by atoms with Gasteiger partial charge in [-0.05, 0) is 61.5 Å². The van der Waals surface area contributed by atoms with Crippen molar-refractivity contribution in [2.75, 3.05) is 0 Å². The largest absolute Gasteiger partial charge is 0.326 e. The van der Waals surface area contributed by atoms with Gasteiger partial charge in [0.05, 0.1) is 0 Å². The smallest absolute Gasteiger partial charge is 0.0448 e. The number of hydrogen-bond acceptors (Lipinski definition) is 2. The highest BCUT2D eigenvalue weighted by molar-refractivity contribution is 5.40. The topological polar surface area (TPSA) is 52.0 Å². The van der Waals surface area contributed by atoms with Crippen molar-refractivity contribution in [1.82, 2.24) is 0 Å². The van der Waals surface area contributed by atoms with Crippen molar-refractivity contribution in [3.05, 3.63) is 23.3 Å². The van der Waals surface area contributed by atoms with Crippen LogP contribution in [0.2, 0.25) is 0 Å². The first kappa shape index (κ1) is 14.3. The molecule has 3 fully saturated rings. The van der Waals surface area contributed by atoms with Crippen LogP contribution in [0.25, 0.3) is 0 Å². The van der Waals surface area contributed by atoms with Crippen LogP contribution in [-0.2, 0) is 0 Å². The Morgan fingerprint density at radius 3 is 1.90 bits per heavy atom. The average molecular weight is 274 g/mol. The van der Waals surface area contributed by atoms with E-state index in [0.29, 0.717) is 0 Å². The summed E-state index contributed by atoms with van der Waals surface area (Å²) in [6.07, 6.45) is 18.3. The normalized spacial score (nSPS) is 37.3. The Morgan fingerprint density at radius 1 is 0.750 bits per heavy atom. The van der Waals surface area contributed by atoms with E-state index >= 15 is 0 Å². The first-order valence-corrected chi connectivity index (χ1v) is 8.68. The van der Waals surface area contributed by atoms with E-state index in [1.54, 1.807) is 0 Å². The second-order valence-electron chi connectivity index (χ2n) is 7.13. The van der Waals surface area contributed by atoms with Gasteiger partial charge in [-0.2, -0.15) is 0 Å². The summed E-state index contributed by atoms with van der Waals surface area (Å²) in [4.78, 5) is 0. The van der Waals surface area contributed by atoms with E-state index in [4.69, 9.17) is 11.5 Å². The summed E-state index contributed by atoms with van der Waals surface area (Å²) < 4.78 is 0. The minimum atomic E-state index is 0.0667. The van der Waals surface area contributed by atoms with Gasteiger partial charge in [0, 0.05) is 12.1 Å². The fourth-order valence-corrected chi connectivity index (χ4v) is 4.28. The Kier molecular flexibility index (Phi) is 4.62. The molecule has 0 bridgehead atoms. The quantitative estimate of drug-likeness (QED) is 0.807. The van der Waals surface area contributed by atoms with Gasteiger partial charge in [-0.25, -0.2) is 0 Å². The summed E-state index contributed by atoms with van der Waals surface area (Å²) in [5.74, 6) is 1.56. The average Bonchev–Trinajstić information content (AvgIpc) is 3.11. The van der Waals surface area contributed by atoms with E-state index in [2.05, 4.69) is 12.2 Å². The van der Waals surface area contributed by atoms with Crippen LogP contribution in [0.5, 0.6) is 0 Å². The molecule has 0 amide bonds. The molecule has 2 atom stereocenters. The molecule has 20 heavy (non-hydrogen) atoms. The van der Waals surface area contributed by atoms with Crippen molar-refractivity contribution in [3.63, 3.8) is 0 Å². The molecule has 112 valence electrons. The van der Waals surface area contributed by atoms with Gasteiger partial charge >= 0.3 is 0 Å². The predicted molar refractivity (Wildman–Crippen MR) is 85.3 cm³/mol. The van der Waals surface area contributed by atoms with Gasteiger partial charge < -0.3 is 11.5 Å². The molecule has 0 aromatic heterocycles. The fourth-order valence-electron chi connectivity index (χ4n) is 4.28. The van der Waals surface area contributed by atoms with Crippen molar-refractivity contribution in [1.29, 1.82) is 0 Å². The predicted octanol–water partition coefficient (Wildman–Crippen LogP) is 3.67. The zero-order valence-electron chi connectivity index (χ0n) is 12.7. The van der Waals surface area contributed by atoms with E-state index in [1.165, 1.54) is 62.5 Å². The fraction of sp³-hybridized carbons (Fsp3) is 0.778. The maximum Gasteiger partial charge on any atom is 0.0448 e. The number of hydrogen-bond donors (Lipinski definition) is 2. The Balaban J connectivity index is 1.81. The van der Waals surface area contributed by atoms with E-state index in [1.807, 2.05) is 0 Å². The highest BCUT2D eigenvalue weighted by atomic mass is 14.8. The number of nitrogens with two attached hydrogens (primary N) is 2. The van der Waals surface area contributed by atoms with Crippen molar-refractivity contribution in [3.8, 4) is 0 Å². The molecule has 3 saturated carbocycles. The molecule has 0 aromatic rings. The van der Waals surface area contributed by atoms with Gasteiger partial charge in [0.1, 0.15) is 0 Å². The van der Waals surface area contributed by atoms with Crippen LogP contribution in [0.15, 0.2) is 23.3 Å². The lowest BCUT2D eigenvalue weighted by atomic mass is 9.79. The van der Waals surface area contributed by atoms with Crippen LogP contribution < -0.4 is 11.5 Å². The number of rotatable bonds is 2. The van der Waals surface area contributed by atoms with Crippen LogP contribution in [-0.4, -0.2) is 12.1 Å². The Hall–Kier alpha value is -0.600. The van der Waals surface area contributed by atoms with Crippen molar-refractivity contribution in [2.45, 2.75) is 76.3 Å². The SMILES string of the molecule is NC1CCC(=CC2CCCC2)C(=CC2CCCC2)C1N. The molecule has 2 heteroatoms. The zero-order valence-corrected chi connectivity index (χ0v) is 12.7. The molecule has 2 unspecified atom stereocenters. The molecule has 2 nitrogen and oxygen atoms in total. The van der Waals surface area contributed by atoms with Gasteiger partial charge in [0.25, 0.3) is 0 Å². The van der Waals surface area contributed by atoms with Gasteiger partial charge in [-0.1, -0.05) is 37.8 Å². The summed E-state index contributed by atoms with van der Waals surface area (Å²) in [6.45, 7) is 0. The van der Waals surface area contributed by atoms with Crippen molar-refractivity contribution in [2.24, 2.45) is 23.3 Å².